The van der Waals surface area contributed by atoms with Gasteiger partial charge in [-0.2, -0.15) is 0 Å². The zero-order valence-corrected chi connectivity index (χ0v) is 10.9. The average molecular weight is 237 g/mol. The first-order valence-corrected chi connectivity index (χ1v) is 6.68. The van der Waals surface area contributed by atoms with E-state index in [1.807, 2.05) is 6.26 Å². The van der Waals surface area contributed by atoms with Gasteiger partial charge < -0.3 is 14.5 Å². The van der Waals surface area contributed by atoms with Crippen LogP contribution in [0.15, 0.2) is 16.7 Å². The van der Waals surface area contributed by atoms with Crippen LogP contribution in [0, 0.1) is 0 Å². The van der Waals surface area contributed by atoms with Crippen LogP contribution in [0.1, 0.15) is 50.5 Å². The smallest absolute Gasteiger partial charge is 0.108 e. The second-order valence-corrected chi connectivity index (χ2v) is 4.97. The van der Waals surface area contributed by atoms with Crippen molar-refractivity contribution in [1.82, 2.24) is 5.32 Å². The quantitative estimate of drug-likeness (QED) is 0.772. The van der Waals surface area contributed by atoms with Gasteiger partial charge in [0, 0.05) is 24.6 Å². The number of fused-ring (bicyclic) bond motifs is 1. The fourth-order valence-electron chi connectivity index (χ4n) is 2.37. The molecule has 0 bridgehead atoms. The maximum atomic E-state index is 5.53. The minimum atomic E-state index is 0.338. The van der Waals surface area contributed by atoms with Crippen LogP contribution in [0.4, 0.5) is 0 Å². The predicted molar refractivity (Wildman–Crippen MR) is 68.1 cm³/mol. The minimum Gasteiger partial charge on any atom is -0.469 e. The molecule has 17 heavy (non-hydrogen) atoms. The molecule has 1 N–H and O–H groups in total. The third-order valence-corrected chi connectivity index (χ3v) is 3.21. The lowest BCUT2D eigenvalue weighted by Crippen LogP contribution is -2.26. The number of nitrogens with one attached hydrogen (secondary N) is 1. The molecule has 1 aliphatic rings. The van der Waals surface area contributed by atoms with Crippen LogP contribution in [-0.2, 0) is 11.2 Å². The summed E-state index contributed by atoms with van der Waals surface area (Å²) < 4.78 is 11.0. The van der Waals surface area contributed by atoms with Gasteiger partial charge in [-0.25, -0.2) is 0 Å². The summed E-state index contributed by atoms with van der Waals surface area (Å²) in [5.41, 5.74) is 1.36. The van der Waals surface area contributed by atoms with Crippen molar-refractivity contribution in [2.75, 3.05) is 13.2 Å². The van der Waals surface area contributed by atoms with Crippen molar-refractivity contribution < 1.29 is 9.15 Å². The zero-order chi connectivity index (χ0) is 12.1. The molecular formula is C14H23NO2. The Labute approximate surface area is 104 Å². The van der Waals surface area contributed by atoms with Crippen LogP contribution in [0.25, 0.3) is 0 Å². The predicted octanol–water partition coefficient (Wildman–Crippen LogP) is 3.06. The van der Waals surface area contributed by atoms with Crippen molar-refractivity contribution in [2.24, 2.45) is 0 Å². The standard InChI is InChI=1S/C14H23NO2/c1-11(2)16-9-4-8-15-13-5-3-6-14-12(13)7-10-17-14/h7,10-11,13,15H,3-6,8-9H2,1-2H3. The summed E-state index contributed by atoms with van der Waals surface area (Å²) in [5.74, 6) is 1.17. The number of hydrogen-bond acceptors (Lipinski definition) is 3. The summed E-state index contributed by atoms with van der Waals surface area (Å²) in [5, 5.41) is 3.60. The summed E-state index contributed by atoms with van der Waals surface area (Å²) in [4.78, 5) is 0. The molecule has 0 spiro atoms. The van der Waals surface area contributed by atoms with E-state index < -0.39 is 0 Å². The molecule has 0 saturated heterocycles. The highest BCUT2D eigenvalue weighted by molar-refractivity contribution is 5.23. The van der Waals surface area contributed by atoms with Gasteiger partial charge in [-0.15, -0.1) is 0 Å². The molecule has 2 rings (SSSR count). The molecule has 0 fully saturated rings. The van der Waals surface area contributed by atoms with E-state index in [4.69, 9.17) is 9.15 Å². The number of furan rings is 1. The summed E-state index contributed by atoms with van der Waals surface area (Å²) >= 11 is 0. The third-order valence-electron chi connectivity index (χ3n) is 3.21. The van der Waals surface area contributed by atoms with Crippen molar-refractivity contribution in [3.8, 4) is 0 Å². The minimum absolute atomic E-state index is 0.338. The largest absolute Gasteiger partial charge is 0.469 e. The van der Waals surface area contributed by atoms with Crippen molar-refractivity contribution in [3.63, 3.8) is 0 Å². The molecule has 0 amide bonds. The number of aryl methyl sites for hydroxylation is 1. The molecule has 3 heteroatoms. The molecule has 0 radical (unpaired) electrons. The van der Waals surface area contributed by atoms with E-state index in [2.05, 4.69) is 25.2 Å². The summed E-state index contributed by atoms with van der Waals surface area (Å²) in [7, 11) is 0. The fraction of sp³-hybridized carbons (Fsp3) is 0.714. The topological polar surface area (TPSA) is 34.4 Å². The maximum absolute atomic E-state index is 5.53. The van der Waals surface area contributed by atoms with Crippen LogP contribution in [0.3, 0.4) is 0 Å². The van der Waals surface area contributed by atoms with E-state index >= 15 is 0 Å². The van der Waals surface area contributed by atoms with Gasteiger partial charge in [-0.3, -0.25) is 0 Å². The van der Waals surface area contributed by atoms with Gasteiger partial charge in [0.1, 0.15) is 5.76 Å². The number of rotatable bonds is 6. The van der Waals surface area contributed by atoms with Crippen molar-refractivity contribution in [2.45, 2.75) is 51.7 Å². The molecule has 1 aliphatic carbocycles. The second kappa shape index (κ2) is 6.22. The molecule has 0 saturated carbocycles. The Morgan fingerprint density at radius 1 is 1.53 bits per heavy atom. The first-order chi connectivity index (χ1) is 8.27. The Kier molecular flexibility index (Phi) is 4.63. The van der Waals surface area contributed by atoms with Gasteiger partial charge in [-0.05, 0) is 45.7 Å². The molecule has 0 aromatic carbocycles. The Morgan fingerprint density at radius 3 is 3.24 bits per heavy atom. The zero-order valence-electron chi connectivity index (χ0n) is 10.9. The van der Waals surface area contributed by atoms with Gasteiger partial charge in [0.25, 0.3) is 0 Å². The molecule has 1 heterocycles. The van der Waals surface area contributed by atoms with Crippen molar-refractivity contribution in [3.05, 3.63) is 23.7 Å². The number of hydrogen-bond donors (Lipinski definition) is 1. The van der Waals surface area contributed by atoms with Gasteiger partial charge in [0.05, 0.1) is 12.4 Å². The molecule has 1 unspecified atom stereocenters. The Morgan fingerprint density at radius 2 is 2.41 bits per heavy atom. The first kappa shape index (κ1) is 12.7. The normalized spacial score (nSPS) is 19.6. The molecule has 96 valence electrons. The lowest BCUT2D eigenvalue weighted by molar-refractivity contribution is 0.0766. The maximum Gasteiger partial charge on any atom is 0.108 e. The highest BCUT2D eigenvalue weighted by Crippen LogP contribution is 2.30. The van der Waals surface area contributed by atoms with Crippen molar-refractivity contribution in [1.29, 1.82) is 0 Å². The van der Waals surface area contributed by atoms with E-state index in [1.54, 1.807) is 0 Å². The molecule has 0 aliphatic heterocycles. The van der Waals surface area contributed by atoms with Gasteiger partial charge in [0.2, 0.25) is 0 Å². The van der Waals surface area contributed by atoms with Gasteiger partial charge >= 0.3 is 0 Å². The highest BCUT2D eigenvalue weighted by atomic mass is 16.5. The average Bonchev–Trinajstić information content (AvgIpc) is 2.77. The van der Waals surface area contributed by atoms with Gasteiger partial charge in [-0.1, -0.05) is 0 Å². The Bertz CT molecular complexity index is 333. The van der Waals surface area contributed by atoms with E-state index in [9.17, 15) is 0 Å². The number of ether oxygens (including phenoxy) is 1. The molecule has 1 aromatic rings. The van der Waals surface area contributed by atoms with Crippen molar-refractivity contribution >= 4 is 0 Å². The lowest BCUT2D eigenvalue weighted by atomic mass is 9.93. The highest BCUT2D eigenvalue weighted by Gasteiger charge is 2.21. The van der Waals surface area contributed by atoms with Crippen LogP contribution in [0.5, 0.6) is 0 Å². The van der Waals surface area contributed by atoms with E-state index in [0.717, 1.165) is 26.0 Å². The lowest BCUT2D eigenvalue weighted by Gasteiger charge is -2.22. The van der Waals surface area contributed by atoms with Crippen LogP contribution < -0.4 is 5.32 Å². The summed E-state index contributed by atoms with van der Waals surface area (Å²) in [6.07, 6.45) is 6.76. The van der Waals surface area contributed by atoms with E-state index in [1.165, 1.54) is 24.2 Å². The third kappa shape index (κ3) is 3.58. The van der Waals surface area contributed by atoms with Crippen LogP contribution >= 0.6 is 0 Å². The SMILES string of the molecule is CC(C)OCCCNC1CCCc2occc21. The first-order valence-electron chi connectivity index (χ1n) is 6.68. The van der Waals surface area contributed by atoms with Gasteiger partial charge in [0.15, 0.2) is 0 Å². The van der Waals surface area contributed by atoms with Crippen LogP contribution in [0.2, 0.25) is 0 Å². The van der Waals surface area contributed by atoms with E-state index in [-0.39, 0.29) is 0 Å². The Balaban J connectivity index is 1.71. The molecule has 1 atom stereocenters. The fourth-order valence-corrected chi connectivity index (χ4v) is 2.37. The molecule has 1 aromatic heterocycles. The van der Waals surface area contributed by atoms with Crippen LogP contribution in [-0.4, -0.2) is 19.3 Å². The monoisotopic (exact) mass is 237 g/mol. The summed E-state index contributed by atoms with van der Waals surface area (Å²) in [6, 6.07) is 2.59. The second-order valence-electron chi connectivity index (χ2n) is 4.97. The summed E-state index contributed by atoms with van der Waals surface area (Å²) in [6.45, 7) is 6.01. The molecular weight excluding hydrogens is 214 g/mol. The van der Waals surface area contributed by atoms with E-state index in [0.29, 0.717) is 12.1 Å². The Hall–Kier alpha value is -0.800. The molecule has 3 nitrogen and oxygen atoms in total.